The van der Waals surface area contributed by atoms with Crippen molar-refractivity contribution < 1.29 is 18.8 Å². The molecule has 3 aromatic rings. The number of nitrogens with zero attached hydrogens (tertiary/aromatic N) is 2. The molecule has 0 fully saturated rings. The van der Waals surface area contributed by atoms with Crippen molar-refractivity contribution in [1.29, 1.82) is 0 Å². The summed E-state index contributed by atoms with van der Waals surface area (Å²) in [6.45, 7) is 2.46. The standard InChI is InChI=1S/C23H22N2O4/c1-15-11-12-17(29-15)14-24(2)20(26)10-5-13-25-22(27)18-8-3-6-16-7-4-9-19(21(16)18)23(25)28/h3-4,6-9,11-12H,5,10,13-14H2,1-2H3. The average Bonchev–Trinajstić information content (AvgIpc) is 3.12. The van der Waals surface area contributed by atoms with Crippen molar-refractivity contribution in [2.75, 3.05) is 13.6 Å². The molecular formula is C23H22N2O4. The molecule has 2 aromatic carbocycles. The van der Waals surface area contributed by atoms with Crippen LogP contribution in [0.25, 0.3) is 10.8 Å². The molecule has 0 N–H and O–H groups in total. The maximum Gasteiger partial charge on any atom is 0.261 e. The molecule has 6 nitrogen and oxygen atoms in total. The molecule has 0 radical (unpaired) electrons. The molecule has 2 heterocycles. The van der Waals surface area contributed by atoms with Crippen molar-refractivity contribution in [1.82, 2.24) is 9.80 Å². The van der Waals surface area contributed by atoms with E-state index >= 15 is 0 Å². The van der Waals surface area contributed by atoms with Gasteiger partial charge in [0.2, 0.25) is 5.91 Å². The zero-order chi connectivity index (χ0) is 20.5. The first-order chi connectivity index (χ1) is 14.0. The van der Waals surface area contributed by atoms with E-state index in [0.29, 0.717) is 29.5 Å². The Morgan fingerprint density at radius 2 is 1.66 bits per heavy atom. The molecule has 0 saturated carbocycles. The zero-order valence-corrected chi connectivity index (χ0v) is 16.5. The fraction of sp³-hybridized carbons (Fsp3) is 0.261. The second-order valence-electron chi connectivity index (χ2n) is 7.34. The van der Waals surface area contributed by atoms with Crippen LogP contribution in [-0.4, -0.2) is 41.1 Å². The summed E-state index contributed by atoms with van der Waals surface area (Å²) >= 11 is 0. The predicted molar refractivity (Wildman–Crippen MR) is 108 cm³/mol. The lowest BCUT2D eigenvalue weighted by Gasteiger charge is -2.27. The van der Waals surface area contributed by atoms with Crippen LogP contribution in [0.5, 0.6) is 0 Å². The van der Waals surface area contributed by atoms with E-state index in [-0.39, 0.29) is 30.7 Å². The maximum absolute atomic E-state index is 12.9. The van der Waals surface area contributed by atoms with Gasteiger partial charge in [0.1, 0.15) is 11.5 Å². The Hall–Kier alpha value is -3.41. The van der Waals surface area contributed by atoms with Gasteiger partial charge >= 0.3 is 0 Å². The Labute approximate surface area is 168 Å². The Morgan fingerprint density at radius 3 is 2.24 bits per heavy atom. The highest BCUT2D eigenvalue weighted by atomic mass is 16.3. The van der Waals surface area contributed by atoms with E-state index in [1.807, 2.05) is 43.3 Å². The first kappa shape index (κ1) is 18.9. The van der Waals surface area contributed by atoms with E-state index < -0.39 is 0 Å². The molecule has 0 spiro atoms. The molecule has 4 rings (SSSR count). The summed E-state index contributed by atoms with van der Waals surface area (Å²) < 4.78 is 5.50. The smallest absolute Gasteiger partial charge is 0.261 e. The number of furan rings is 1. The highest BCUT2D eigenvalue weighted by Crippen LogP contribution is 2.30. The first-order valence-electron chi connectivity index (χ1n) is 9.63. The van der Waals surface area contributed by atoms with Crippen molar-refractivity contribution in [3.63, 3.8) is 0 Å². The Morgan fingerprint density at radius 1 is 1.00 bits per heavy atom. The molecule has 1 aliphatic rings. The van der Waals surface area contributed by atoms with Crippen LogP contribution in [0.3, 0.4) is 0 Å². The van der Waals surface area contributed by atoms with Gasteiger partial charge in [0.15, 0.2) is 0 Å². The first-order valence-corrected chi connectivity index (χ1v) is 9.63. The van der Waals surface area contributed by atoms with Gasteiger partial charge in [-0.25, -0.2) is 0 Å². The van der Waals surface area contributed by atoms with Crippen LogP contribution in [0.1, 0.15) is 45.1 Å². The Bertz CT molecular complexity index is 1060. The van der Waals surface area contributed by atoms with Crippen LogP contribution >= 0.6 is 0 Å². The molecule has 3 amide bonds. The second-order valence-corrected chi connectivity index (χ2v) is 7.34. The van der Waals surface area contributed by atoms with Crippen molar-refractivity contribution in [2.24, 2.45) is 0 Å². The van der Waals surface area contributed by atoms with Crippen LogP contribution < -0.4 is 0 Å². The maximum atomic E-state index is 12.9. The van der Waals surface area contributed by atoms with E-state index in [0.717, 1.165) is 16.9 Å². The fourth-order valence-corrected chi connectivity index (χ4v) is 3.75. The fourth-order valence-electron chi connectivity index (χ4n) is 3.75. The van der Waals surface area contributed by atoms with Gasteiger partial charge in [0.05, 0.1) is 6.54 Å². The number of hydrogen-bond donors (Lipinski definition) is 0. The molecule has 6 heteroatoms. The number of hydrogen-bond acceptors (Lipinski definition) is 4. The van der Waals surface area contributed by atoms with Gasteiger partial charge in [-0.3, -0.25) is 19.3 Å². The van der Waals surface area contributed by atoms with E-state index in [2.05, 4.69) is 0 Å². The minimum atomic E-state index is -0.300. The third kappa shape index (κ3) is 3.53. The van der Waals surface area contributed by atoms with Crippen LogP contribution in [-0.2, 0) is 11.3 Å². The molecule has 0 atom stereocenters. The number of imide groups is 1. The Balaban J connectivity index is 1.41. The minimum absolute atomic E-state index is 0.0570. The number of carbonyl (C=O) groups excluding carboxylic acids is 3. The Kier molecular flexibility index (Phi) is 4.92. The van der Waals surface area contributed by atoms with Crippen LogP contribution in [0, 0.1) is 6.92 Å². The SMILES string of the molecule is Cc1ccc(CN(C)C(=O)CCCN2C(=O)c3cccc4cccc(c34)C2=O)o1. The summed E-state index contributed by atoms with van der Waals surface area (Å²) in [5, 5.41) is 1.59. The van der Waals surface area contributed by atoms with Crippen LogP contribution in [0.15, 0.2) is 52.9 Å². The number of rotatable bonds is 6. The topological polar surface area (TPSA) is 70.8 Å². The van der Waals surface area contributed by atoms with Crippen molar-refractivity contribution in [3.8, 4) is 0 Å². The van der Waals surface area contributed by atoms with E-state index in [4.69, 9.17) is 4.42 Å². The predicted octanol–water partition coefficient (Wildman–Crippen LogP) is 3.78. The van der Waals surface area contributed by atoms with E-state index in [1.165, 1.54) is 4.90 Å². The van der Waals surface area contributed by atoms with Gasteiger partial charge in [0, 0.05) is 36.5 Å². The summed E-state index contributed by atoms with van der Waals surface area (Å²) in [5.41, 5.74) is 1.07. The molecule has 0 unspecified atom stereocenters. The molecule has 0 saturated heterocycles. The lowest BCUT2D eigenvalue weighted by atomic mass is 9.94. The van der Waals surface area contributed by atoms with Crippen LogP contribution in [0.4, 0.5) is 0 Å². The minimum Gasteiger partial charge on any atom is -0.464 e. The van der Waals surface area contributed by atoms with Crippen molar-refractivity contribution >= 4 is 28.5 Å². The van der Waals surface area contributed by atoms with Gasteiger partial charge in [-0.1, -0.05) is 24.3 Å². The van der Waals surface area contributed by atoms with E-state index in [1.54, 1.807) is 24.1 Å². The number of amides is 3. The number of carbonyl (C=O) groups is 3. The molecule has 148 valence electrons. The highest BCUT2D eigenvalue weighted by molar-refractivity contribution is 6.25. The summed E-state index contributed by atoms with van der Waals surface area (Å²) in [6, 6.07) is 14.6. The number of aryl methyl sites for hydroxylation is 1. The van der Waals surface area contributed by atoms with Crippen molar-refractivity contribution in [2.45, 2.75) is 26.3 Å². The summed E-state index contributed by atoms with van der Waals surface area (Å²) in [7, 11) is 1.72. The zero-order valence-electron chi connectivity index (χ0n) is 16.5. The van der Waals surface area contributed by atoms with Gasteiger partial charge in [-0.2, -0.15) is 0 Å². The average molecular weight is 390 g/mol. The van der Waals surface area contributed by atoms with E-state index in [9.17, 15) is 14.4 Å². The molecule has 0 aliphatic carbocycles. The van der Waals surface area contributed by atoms with Crippen molar-refractivity contribution in [3.05, 3.63) is 71.2 Å². The quantitative estimate of drug-likeness (QED) is 0.601. The van der Waals surface area contributed by atoms with Gasteiger partial charge < -0.3 is 9.32 Å². The lowest BCUT2D eigenvalue weighted by molar-refractivity contribution is -0.130. The van der Waals surface area contributed by atoms with Crippen LogP contribution in [0.2, 0.25) is 0 Å². The molecule has 1 aliphatic heterocycles. The molecule has 29 heavy (non-hydrogen) atoms. The summed E-state index contributed by atoms with van der Waals surface area (Å²) in [6.07, 6.45) is 0.662. The monoisotopic (exact) mass is 390 g/mol. The molecular weight excluding hydrogens is 368 g/mol. The molecule has 0 bridgehead atoms. The highest BCUT2D eigenvalue weighted by Gasteiger charge is 2.32. The van der Waals surface area contributed by atoms with Gasteiger partial charge in [-0.05, 0) is 43.0 Å². The largest absolute Gasteiger partial charge is 0.464 e. The molecule has 1 aromatic heterocycles. The second kappa shape index (κ2) is 7.54. The summed E-state index contributed by atoms with van der Waals surface area (Å²) in [5.74, 6) is 0.874. The number of benzene rings is 2. The third-order valence-corrected chi connectivity index (χ3v) is 5.24. The third-order valence-electron chi connectivity index (χ3n) is 5.24. The normalized spacial score (nSPS) is 13.2. The van der Waals surface area contributed by atoms with Gasteiger partial charge in [-0.15, -0.1) is 0 Å². The summed E-state index contributed by atoms with van der Waals surface area (Å²) in [4.78, 5) is 41.0. The lowest BCUT2D eigenvalue weighted by Crippen LogP contribution is -2.41. The van der Waals surface area contributed by atoms with Gasteiger partial charge in [0.25, 0.3) is 11.8 Å².